The minimum atomic E-state index is -0.516. The summed E-state index contributed by atoms with van der Waals surface area (Å²) < 4.78 is 13.4. The van der Waals surface area contributed by atoms with E-state index in [9.17, 15) is 9.18 Å². The Kier molecular flexibility index (Phi) is 3.47. The lowest BCUT2D eigenvalue weighted by Crippen LogP contribution is -2.20. The molecule has 0 saturated heterocycles. The molecular formula is C16H12FN3O. The molecule has 5 heteroatoms. The summed E-state index contributed by atoms with van der Waals surface area (Å²) in [6.45, 7) is 0. The Labute approximate surface area is 120 Å². The molecule has 2 amide bonds. The summed E-state index contributed by atoms with van der Waals surface area (Å²) >= 11 is 0. The first-order valence-electron chi connectivity index (χ1n) is 6.40. The number of carbonyl (C=O) groups excluding carboxylic acids is 1. The van der Waals surface area contributed by atoms with Gasteiger partial charge in [-0.1, -0.05) is 30.3 Å². The van der Waals surface area contributed by atoms with Crippen molar-refractivity contribution in [2.75, 3.05) is 10.6 Å². The molecule has 0 saturated carbocycles. The van der Waals surface area contributed by atoms with Crippen LogP contribution in [0.2, 0.25) is 0 Å². The molecule has 1 aromatic heterocycles. The Morgan fingerprint density at radius 2 is 1.76 bits per heavy atom. The fraction of sp³-hybridized carbons (Fsp3) is 0. The van der Waals surface area contributed by atoms with Gasteiger partial charge in [-0.15, -0.1) is 0 Å². The normalized spacial score (nSPS) is 10.3. The average Bonchev–Trinajstić information content (AvgIpc) is 2.49. The Morgan fingerprint density at radius 3 is 2.62 bits per heavy atom. The molecule has 0 spiro atoms. The van der Waals surface area contributed by atoms with Gasteiger partial charge in [0.25, 0.3) is 0 Å². The van der Waals surface area contributed by atoms with E-state index >= 15 is 0 Å². The highest BCUT2D eigenvalue weighted by Gasteiger charge is 2.06. The molecule has 0 aliphatic rings. The van der Waals surface area contributed by atoms with Crippen LogP contribution in [-0.2, 0) is 0 Å². The minimum absolute atomic E-state index is 0.128. The molecule has 21 heavy (non-hydrogen) atoms. The van der Waals surface area contributed by atoms with E-state index in [0.29, 0.717) is 5.69 Å². The fourth-order valence-corrected chi connectivity index (χ4v) is 1.99. The number of nitrogens with zero attached hydrogens (tertiary/aromatic N) is 1. The molecule has 4 nitrogen and oxygen atoms in total. The number of benzene rings is 2. The number of aromatic nitrogens is 1. The van der Waals surface area contributed by atoms with Crippen LogP contribution >= 0.6 is 0 Å². The Balaban J connectivity index is 1.75. The van der Waals surface area contributed by atoms with Crippen LogP contribution in [0.25, 0.3) is 10.9 Å². The lowest BCUT2D eigenvalue weighted by atomic mass is 10.2. The fourth-order valence-electron chi connectivity index (χ4n) is 1.99. The third-order valence-electron chi connectivity index (χ3n) is 2.97. The van der Waals surface area contributed by atoms with E-state index < -0.39 is 11.8 Å². The number of hydrogen-bond acceptors (Lipinski definition) is 2. The van der Waals surface area contributed by atoms with Crippen molar-refractivity contribution in [3.05, 3.63) is 66.6 Å². The van der Waals surface area contributed by atoms with Crippen molar-refractivity contribution < 1.29 is 9.18 Å². The van der Waals surface area contributed by atoms with Gasteiger partial charge in [0.2, 0.25) is 0 Å². The van der Waals surface area contributed by atoms with Crippen LogP contribution in [-0.4, -0.2) is 11.0 Å². The zero-order valence-electron chi connectivity index (χ0n) is 11.0. The molecule has 0 aliphatic carbocycles. The summed E-state index contributed by atoms with van der Waals surface area (Å²) in [4.78, 5) is 16.1. The summed E-state index contributed by atoms with van der Waals surface area (Å²) in [5.74, 6) is -0.482. The van der Waals surface area contributed by atoms with Gasteiger partial charge in [0.1, 0.15) is 5.82 Å². The van der Waals surface area contributed by atoms with E-state index in [0.717, 1.165) is 10.9 Å². The summed E-state index contributed by atoms with van der Waals surface area (Å²) in [6.07, 6.45) is 1.56. The molecular weight excluding hydrogens is 269 g/mol. The predicted octanol–water partition coefficient (Wildman–Crippen LogP) is 4.02. The Morgan fingerprint density at radius 1 is 1.00 bits per heavy atom. The number of fused-ring (bicyclic) bond motifs is 1. The van der Waals surface area contributed by atoms with Crippen molar-refractivity contribution >= 4 is 28.3 Å². The van der Waals surface area contributed by atoms with E-state index in [1.165, 1.54) is 12.1 Å². The molecule has 3 rings (SSSR count). The number of rotatable bonds is 2. The number of amides is 2. The highest BCUT2D eigenvalue weighted by molar-refractivity contribution is 6.00. The standard InChI is InChI=1S/C16H12FN3O/c17-13-6-2-4-8-15(13)20-16(21)19-12-9-11-5-1-3-7-14(11)18-10-12/h1-10H,(H2,19,20,21). The lowest BCUT2D eigenvalue weighted by Gasteiger charge is -2.08. The largest absolute Gasteiger partial charge is 0.323 e. The van der Waals surface area contributed by atoms with Crippen molar-refractivity contribution in [1.29, 1.82) is 0 Å². The van der Waals surface area contributed by atoms with Gasteiger partial charge < -0.3 is 10.6 Å². The van der Waals surface area contributed by atoms with Crippen molar-refractivity contribution in [2.24, 2.45) is 0 Å². The van der Waals surface area contributed by atoms with Gasteiger partial charge in [-0.05, 0) is 24.3 Å². The maximum absolute atomic E-state index is 13.4. The van der Waals surface area contributed by atoms with E-state index in [1.54, 1.807) is 18.3 Å². The van der Waals surface area contributed by atoms with Crippen molar-refractivity contribution in [3.8, 4) is 0 Å². The van der Waals surface area contributed by atoms with Crippen molar-refractivity contribution in [2.45, 2.75) is 0 Å². The van der Waals surface area contributed by atoms with Crippen LogP contribution in [0.4, 0.5) is 20.6 Å². The van der Waals surface area contributed by atoms with Crippen LogP contribution in [0, 0.1) is 5.82 Å². The van der Waals surface area contributed by atoms with Gasteiger partial charge in [-0.25, -0.2) is 9.18 Å². The minimum Gasteiger partial charge on any atom is -0.306 e. The maximum Gasteiger partial charge on any atom is 0.323 e. The molecule has 2 N–H and O–H groups in total. The summed E-state index contributed by atoms with van der Waals surface area (Å²) in [7, 11) is 0. The number of pyridine rings is 1. The van der Waals surface area contributed by atoms with Gasteiger partial charge in [-0.3, -0.25) is 4.98 Å². The Hall–Kier alpha value is -2.95. The van der Waals surface area contributed by atoms with Crippen LogP contribution in [0.1, 0.15) is 0 Å². The third-order valence-corrected chi connectivity index (χ3v) is 2.97. The van der Waals surface area contributed by atoms with Gasteiger partial charge >= 0.3 is 6.03 Å². The monoisotopic (exact) mass is 281 g/mol. The van der Waals surface area contributed by atoms with Gasteiger partial charge in [0, 0.05) is 5.39 Å². The first kappa shape index (κ1) is 13.1. The van der Waals surface area contributed by atoms with Crippen LogP contribution < -0.4 is 10.6 Å². The molecule has 104 valence electrons. The number of nitrogens with one attached hydrogen (secondary N) is 2. The van der Waals surface area contributed by atoms with Crippen LogP contribution in [0.15, 0.2) is 60.8 Å². The second-order valence-corrected chi connectivity index (χ2v) is 4.48. The van der Waals surface area contributed by atoms with E-state index in [2.05, 4.69) is 15.6 Å². The molecule has 2 aromatic carbocycles. The average molecular weight is 281 g/mol. The molecule has 0 bridgehead atoms. The van der Waals surface area contributed by atoms with E-state index in [-0.39, 0.29) is 5.69 Å². The molecule has 0 aliphatic heterocycles. The molecule has 0 radical (unpaired) electrons. The first-order chi connectivity index (χ1) is 10.2. The molecule has 0 atom stereocenters. The number of para-hydroxylation sites is 2. The maximum atomic E-state index is 13.4. The predicted molar refractivity (Wildman–Crippen MR) is 80.8 cm³/mol. The second kappa shape index (κ2) is 5.58. The smallest absolute Gasteiger partial charge is 0.306 e. The van der Waals surface area contributed by atoms with Crippen molar-refractivity contribution in [3.63, 3.8) is 0 Å². The summed E-state index contributed by atoms with van der Waals surface area (Å²) in [6, 6.07) is 14.9. The van der Waals surface area contributed by atoms with Gasteiger partial charge in [-0.2, -0.15) is 0 Å². The van der Waals surface area contributed by atoms with E-state index in [1.807, 2.05) is 30.3 Å². The van der Waals surface area contributed by atoms with E-state index in [4.69, 9.17) is 0 Å². The van der Waals surface area contributed by atoms with Gasteiger partial charge in [0.15, 0.2) is 0 Å². The number of carbonyl (C=O) groups is 1. The number of hydrogen-bond donors (Lipinski definition) is 2. The second-order valence-electron chi connectivity index (χ2n) is 4.48. The summed E-state index contributed by atoms with van der Waals surface area (Å²) in [5, 5.41) is 6.00. The quantitative estimate of drug-likeness (QED) is 0.745. The third kappa shape index (κ3) is 2.97. The highest BCUT2D eigenvalue weighted by Crippen LogP contribution is 2.17. The zero-order valence-corrected chi connectivity index (χ0v) is 11.0. The molecule has 0 fully saturated rings. The number of anilines is 2. The zero-order chi connectivity index (χ0) is 14.7. The topological polar surface area (TPSA) is 54.0 Å². The first-order valence-corrected chi connectivity index (χ1v) is 6.40. The number of urea groups is 1. The van der Waals surface area contributed by atoms with Gasteiger partial charge in [0.05, 0.1) is 23.1 Å². The lowest BCUT2D eigenvalue weighted by molar-refractivity contribution is 0.262. The number of halogens is 1. The molecule has 1 heterocycles. The summed E-state index contributed by atoms with van der Waals surface area (Å²) in [5.41, 5.74) is 1.52. The van der Waals surface area contributed by atoms with Crippen LogP contribution in [0.5, 0.6) is 0 Å². The molecule has 3 aromatic rings. The Bertz CT molecular complexity index is 804. The molecule has 0 unspecified atom stereocenters. The van der Waals surface area contributed by atoms with Crippen LogP contribution in [0.3, 0.4) is 0 Å². The van der Waals surface area contributed by atoms with Crippen molar-refractivity contribution in [1.82, 2.24) is 4.98 Å². The highest BCUT2D eigenvalue weighted by atomic mass is 19.1. The SMILES string of the molecule is O=C(Nc1cnc2ccccc2c1)Nc1ccccc1F.